The summed E-state index contributed by atoms with van der Waals surface area (Å²) in [5, 5.41) is 0. The summed E-state index contributed by atoms with van der Waals surface area (Å²) in [7, 11) is 2.64. The normalized spacial score (nSPS) is 16.8. The molecule has 0 saturated carbocycles. The molecule has 0 aliphatic carbocycles. The minimum absolute atomic E-state index is 0.0263. The highest BCUT2D eigenvalue weighted by atomic mass is 19.4. The molecule has 1 aromatic rings. The standard InChI is InChI=1S/C15H15F3O5/c1-4-22-14(19)9-7-8-5-6-10(20-2)12(21-3)11(8)23-13(9)15(16,17)18/h5-7,13H,4H2,1-3H3. The molecule has 5 nitrogen and oxygen atoms in total. The second-order valence-electron chi connectivity index (χ2n) is 4.58. The molecular weight excluding hydrogens is 317 g/mol. The first-order valence-electron chi connectivity index (χ1n) is 6.70. The molecule has 0 radical (unpaired) electrons. The molecule has 0 saturated heterocycles. The molecule has 0 bridgehead atoms. The Morgan fingerprint density at radius 3 is 2.48 bits per heavy atom. The van der Waals surface area contributed by atoms with E-state index in [1.54, 1.807) is 0 Å². The lowest BCUT2D eigenvalue weighted by Gasteiger charge is -2.29. The maximum absolute atomic E-state index is 13.3. The maximum Gasteiger partial charge on any atom is 0.430 e. The average molecular weight is 332 g/mol. The number of hydrogen-bond acceptors (Lipinski definition) is 5. The van der Waals surface area contributed by atoms with Gasteiger partial charge in [0, 0.05) is 5.56 Å². The van der Waals surface area contributed by atoms with Crippen molar-refractivity contribution in [1.82, 2.24) is 0 Å². The second kappa shape index (κ2) is 6.39. The van der Waals surface area contributed by atoms with Crippen molar-refractivity contribution in [2.75, 3.05) is 20.8 Å². The predicted molar refractivity (Wildman–Crippen MR) is 74.6 cm³/mol. The lowest BCUT2D eigenvalue weighted by Crippen LogP contribution is -2.40. The van der Waals surface area contributed by atoms with Crippen LogP contribution in [-0.2, 0) is 9.53 Å². The zero-order chi connectivity index (χ0) is 17.2. The van der Waals surface area contributed by atoms with E-state index in [-0.39, 0.29) is 29.4 Å². The molecule has 1 aliphatic heterocycles. The van der Waals surface area contributed by atoms with Crippen LogP contribution in [0.25, 0.3) is 6.08 Å². The van der Waals surface area contributed by atoms with E-state index < -0.39 is 23.8 Å². The lowest BCUT2D eigenvalue weighted by molar-refractivity contribution is -0.188. The number of ether oxygens (including phenoxy) is 4. The highest BCUT2D eigenvalue weighted by Gasteiger charge is 2.49. The summed E-state index contributed by atoms with van der Waals surface area (Å²) < 4.78 is 59.6. The van der Waals surface area contributed by atoms with Gasteiger partial charge in [-0.2, -0.15) is 13.2 Å². The van der Waals surface area contributed by atoms with Crippen LogP contribution in [0.5, 0.6) is 17.2 Å². The first-order chi connectivity index (χ1) is 10.8. The molecule has 0 aromatic heterocycles. The number of carbonyl (C=O) groups is 1. The molecule has 2 rings (SSSR count). The van der Waals surface area contributed by atoms with Gasteiger partial charge in [-0.1, -0.05) is 0 Å². The Kier molecular flexibility index (Phi) is 4.72. The van der Waals surface area contributed by atoms with Crippen LogP contribution in [0.4, 0.5) is 13.2 Å². The highest BCUT2D eigenvalue weighted by Crippen LogP contribution is 2.46. The van der Waals surface area contributed by atoms with Crippen LogP contribution >= 0.6 is 0 Å². The van der Waals surface area contributed by atoms with Crippen LogP contribution in [0.2, 0.25) is 0 Å². The topological polar surface area (TPSA) is 54.0 Å². The number of rotatable bonds is 4. The monoisotopic (exact) mass is 332 g/mol. The Morgan fingerprint density at radius 1 is 1.26 bits per heavy atom. The van der Waals surface area contributed by atoms with Gasteiger partial charge in [0.2, 0.25) is 11.9 Å². The Balaban J connectivity index is 2.59. The fourth-order valence-electron chi connectivity index (χ4n) is 2.20. The summed E-state index contributed by atoms with van der Waals surface area (Å²) in [6, 6.07) is 2.98. The van der Waals surface area contributed by atoms with Gasteiger partial charge in [-0.05, 0) is 25.1 Å². The largest absolute Gasteiger partial charge is 0.493 e. The molecule has 1 aliphatic rings. The second-order valence-corrected chi connectivity index (χ2v) is 4.58. The zero-order valence-corrected chi connectivity index (χ0v) is 12.7. The number of alkyl halides is 3. The van der Waals surface area contributed by atoms with Gasteiger partial charge in [0.25, 0.3) is 0 Å². The number of carbonyl (C=O) groups excluding carboxylic acids is 1. The summed E-state index contributed by atoms with van der Waals surface area (Å²) in [4.78, 5) is 11.8. The van der Waals surface area contributed by atoms with Crippen molar-refractivity contribution < 1.29 is 36.9 Å². The zero-order valence-electron chi connectivity index (χ0n) is 12.7. The molecule has 0 fully saturated rings. The van der Waals surface area contributed by atoms with Crippen molar-refractivity contribution in [2.45, 2.75) is 19.2 Å². The molecule has 1 unspecified atom stereocenters. The van der Waals surface area contributed by atoms with E-state index in [1.165, 1.54) is 33.3 Å². The van der Waals surface area contributed by atoms with E-state index in [4.69, 9.17) is 14.2 Å². The van der Waals surface area contributed by atoms with Gasteiger partial charge in [0.1, 0.15) is 0 Å². The van der Waals surface area contributed by atoms with Crippen molar-refractivity contribution in [2.24, 2.45) is 0 Å². The van der Waals surface area contributed by atoms with E-state index in [0.29, 0.717) is 0 Å². The van der Waals surface area contributed by atoms with Gasteiger partial charge in [0.15, 0.2) is 11.5 Å². The van der Waals surface area contributed by atoms with Crippen molar-refractivity contribution in [3.8, 4) is 17.2 Å². The number of esters is 1. The number of benzene rings is 1. The third-order valence-corrected chi connectivity index (χ3v) is 3.17. The molecule has 1 heterocycles. The van der Waals surface area contributed by atoms with E-state index in [9.17, 15) is 18.0 Å². The van der Waals surface area contributed by atoms with E-state index in [0.717, 1.165) is 6.08 Å². The molecule has 1 aromatic carbocycles. The molecular formula is C15H15F3O5. The first kappa shape index (κ1) is 17.0. The minimum Gasteiger partial charge on any atom is -0.493 e. The van der Waals surface area contributed by atoms with Crippen LogP contribution in [0, 0.1) is 0 Å². The van der Waals surface area contributed by atoms with Crippen LogP contribution < -0.4 is 14.2 Å². The van der Waals surface area contributed by atoms with Crippen LogP contribution in [0.1, 0.15) is 12.5 Å². The molecule has 0 spiro atoms. The summed E-state index contributed by atoms with van der Waals surface area (Å²) in [5.74, 6) is -0.962. The Hall–Kier alpha value is -2.38. The fraction of sp³-hybridized carbons (Fsp3) is 0.400. The third-order valence-electron chi connectivity index (χ3n) is 3.17. The smallest absolute Gasteiger partial charge is 0.430 e. The number of methoxy groups -OCH3 is 2. The molecule has 126 valence electrons. The quantitative estimate of drug-likeness (QED) is 0.794. The van der Waals surface area contributed by atoms with Crippen LogP contribution in [0.15, 0.2) is 17.7 Å². The Morgan fingerprint density at radius 2 is 1.96 bits per heavy atom. The fourth-order valence-corrected chi connectivity index (χ4v) is 2.20. The van der Waals surface area contributed by atoms with Crippen molar-refractivity contribution >= 4 is 12.0 Å². The van der Waals surface area contributed by atoms with Crippen LogP contribution in [0.3, 0.4) is 0 Å². The number of hydrogen-bond donors (Lipinski definition) is 0. The summed E-state index contributed by atoms with van der Waals surface area (Å²) in [5.41, 5.74) is -0.342. The molecule has 8 heteroatoms. The molecule has 1 atom stereocenters. The summed E-state index contributed by atoms with van der Waals surface area (Å²) in [6.45, 7) is 1.46. The lowest BCUT2D eigenvalue weighted by atomic mass is 10.0. The summed E-state index contributed by atoms with van der Waals surface area (Å²) in [6.07, 6.45) is -6.13. The third kappa shape index (κ3) is 3.20. The molecule has 23 heavy (non-hydrogen) atoms. The van der Waals surface area contributed by atoms with E-state index >= 15 is 0 Å². The van der Waals surface area contributed by atoms with Gasteiger partial charge in [-0.3, -0.25) is 0 Å². The number of halogens is 3. The van der Waals surface area contributed by atoms with Crippen molar-refractivity contribution in [3.05, 3.63) is 23.3 Å². The van der Waals surface area contributed by atoms with Gasteiger partial charge >= 0.3 is 12.1 Å². The molecule has 0 N–H and O–H groups in total. The minimum atomic E-state index is -4.79. The number of fused-ring (bicyclic) bond motifs is 1. The first-order valence-corrected chi connectivity index (χ1v) is 6.70. The maximum atomic E-state index is 13.3. The van der Waals surface area contributed by atoms with Crippen molar-refractivity contribution in [3.63, 3.8) is 0 Å². The Bertz CT molecular complexity index is 637. The Labute approximate surface area is 130 Å². The molecule has 0 amide bonds. The van der Waals surface area contributed by atoms with Gasteiger partial charge < -0.3 is 18.9 Å². The van der Waals surface area contributed by atoms with Gasteiger partial charge in [-0.15, -0.1) is 0 Å². The average Bonchev–Trinajstić information content (AvgIpc) is 2.51. The predicted octanol–water partition coefficient (Wildman–Crippen LogP) is 2.97. The van der Waals surface area contributed by atoms with Crippen molar-refractivity contribution in [1.29, 1.82) is 0 Å². The van der Waals surface area contributed by atoms with Gasteiger partial charge in [0.05, 0.1) is 26.4 Å². The highest BCUT2D eigenvalue weighted by molar-refractivity contribution is 5.96. The van der Waals surface area contributed by atoms with Gasteiger partial charge in [-0.25, -0.2) is 4.79 Å². The SMILES string of the molecule is CCOC(=O)C1=Cc2ccc(OC)c(OC)c2OC1C(F)(F)F. The summed E-state index contributed by atoms with van der Waals surface area (Å²) >= 11 is 0. The van der Waals surface area contributed by atoms with E-state index in [1.807, 2.05) is 0 Å². The van der Waals surface area contributed by atoms with Crippen LogP contribution in [-0.4, -0.2) is 39.1 Å². The van der Waals surface area contributed by atoms with E-state index in [2.05, 4.69) is 4.74 Å².